The zero-order valence-electron chi connectivity index (χ0n) is 15.7. The van der Waals surface area contributed by atoms with Crippen LogP contribution in [-0.4, -0.2) is 20.4 Å². The second kappa shape index (κ2) is 8.89. The van der Waals surface area contributed by atoms with Crippen molar-refractivity contribution >= 4 is 15.7 Å². The smallest absolute Gasteiger partial charge is 0.251 e. The maximum Gasteiger partial charge on any atom is 0.251 e. The number of aryl methyl sites for hydroxylation is 1. The molecule has 0 spiro atoms. The van der Waals surface area contributed by atoms with Crippen molar-refractivity contribution in [2.45, 2.75) is 36.5 Å². The van der Waals surface area contributed by atoms with Crippen LogP contribution in [0.5, 0.6) is 0 Å². The molecule has 6 heteroatoms. The number of carbonyl (C=O) groups is 1. The Kier molecular flexibility index (Phi) is 6.31. The zero-order chi connectivity index (χ0) is 20.0. The number of amides is 1. The molecule has 5 nitrogen and oxygen atoms in total. The van der Waals surface area contributed by atoms with E-state index in [1.165, 1.54) is 0 Å². The Hall–Kier alpha value is -2.86. The number of sulfone groups is 1. The van der Waals surface area contributed by atoms with Crippen molar-refractivity contribution in [2.24, 2.45) is 0 Å². The molecule has 3 rings (SSSR count). The van der Waals surface area contributed by atoms with Gasteiger partial charge in [0, 0.05) is 18.0 Å². The van der Waals surface area contributed by atoms with Gasteiger partial charge >= 0.3 is 0 Å². The molecule has 146 valence electrons. The maximum absolute atomic E-state index is 12.4. The van der Waals surface area contributed by atoms with Gasteiger partial charge in [0.25, 0.3) is 5.91 Å². The van der Waals surface area contributed by atoms with Crippen molar-refractivity contribution in [3.05, 3.63) is 89.9 Å². The first kappa shape index (κ1) is 19.9. The number of nitrogens with one attached hydrogen (secondary N) is 1. The summed E-state index contributed by atoms with van der Waals surface area (Å²) in [7, 11) is -3.40. The fourth-order valence-electron chi connectivity index (χ4n) is 2.88. The highest BCUT2D eigenvalue weighted by Gasteiger charge is 2.16. The summed E-state index contributed by atoms with van der Waals surface area (Å²) in [5.41, 5.74) is 1.15. The van der Waals surface area contributed by atoms with Crippen molar-refractivity contribution in [3.8, 4) is 0 Å². The summed E-state index contributed by atoms with van der Waals surface area (Å²) >= 11 is 0. The molecule has 0 saturated carbocycles. The van der Waals surface area contributed by atoms with Crippen LogP contribution in [0.25, 0.3) is 0 Å². The van der Waals surface area contributed by atoms with Gasteiger partial charge in [0.1, 0.15) is 5.76 Å². The SMILES string of the molecule is CC(CCc1ccco1)NC(=O)c1ccc(CS(=O)(=O)c2ccccc2)cc1. The Bertz CT molecular complexity index is 994. The highest BCUT2D eigenvalue weighted by Crippen LogP contribution is 2.16. The molecule has 1 amide bonds. The summed E-state index contributed by atoms with van der Waals surface area (Å²) in [4.78, 5) is 12.7. The normalized spacial score (nSPS) is 12.5. The molecule has 0 aliphatic carbocycles. The van der Waals surface area contributed by atoms with Crippen LogP contribution in [0, 0.1) is 0 Å². The van der Waals surface area contributed by atoms with E-state index in [0.717, 1.165) is 18.6 Å². The predicted octanol–water partition coefficient (Wildman–Crippen LogP) is 4.00. The molecule has 0 radical (unpaired) electrons. The van der Waals surface area contributed by atoms with Crippen LogP contribution in [0.15, 0.2) is 82.3 Å². The van der Waals surface area contributed by atoms with E-state index in [-0.39, 0.29) is 17.7 Å². The van der Waals surface area contributed by atoms with Crippen LogP contribution in [0.1, 0.15) is 35.0 Å². The van der Waals surface area contributed by atoms with Gasteiger partial charge in [-0.15, -0.1) is 0 Å². The van der Waals surface area contributed by atoms with Crippen molar-refractivity contribution in [1.82, 2.24) is 5.32 Å². The minimum Gasteiger partial charge on any atom is -0.469 e. The molecule has 0 aliphatic rings. The van der Waals surface area contributed by atoms with Crippen LogP contribution in [0.4, 0.5) is 0 Å². The molecule has 3 aromatic rings. The van der Waals surface area contributed by atoms with E-state index in [9.17, 15) is 13.2 Å². The third-order valence-electron chi connectivity index (χ3n) is 4.46. The van der Waals surface area contributed by atoms with Gasteiger partial charge in [-0.05, 0) is 55.3 Å². The lowest BCUT2D eigenvalue weighted by Gasteiger charge is -2.13. The zero-order valence-corrected chi connectivity index (χ0v) is 16.5. The largest absolute Gasteiger partial charge is 0.469 e. The molecule has 0 fully saturated rings. The molecular weight excluding hydrogens is 374 g/mol. The van der Waals surface area contributed by atoms with Gasteiger partial charge in [-0.3, -0.25) is 4.79 Å². The van der Waals surface area contributed by atoms with Crippen molar-refractivity contribution in [1.29, 1.82) is 0 Å². The first-order chi connectivity index (χ1) is 13.4. The molecule has 1 aromatic heterocycles. The second-order valence-electron chi connectivity index (χ2n) is 6.76. The predicted molar refractivity (Wildman–Crippen MR) is 108 cm³/mol. The first-order valence-corrected chi connectivity index (χ1v) is 10.8. The minimum absolute atomic E-state index is 0.00395. The lowest BCUT2D eigenvalue weighted by Crippen LogP contribution is -2.32. The topological polar surface area (TPSA) is 76.4 Å². The van der Waals surface area contributed by atoms with Gasteiger partial charge in [0.2, 0.25) is 0 Å². The molecule has 0 aliphatic heterocycles. The molecule has 1 atom stereocenters. The standard InChI is InChI=1S/C22H23NO4S/c1-17(9-14-20-6-5-15-27-20)23-22(24)19-12-10-18(11-13-19)16-28(25,26)21-7-3-2-4-8-21/h2-8,10-13,15,17H,9,14,16H2,1H3,(H,23,24). The van der Waals surface area contributed by atoms with Gasteiger partial charge in [-0.1, -0.05) is 30.3 Å². The number of hydrogen-bond donors (Lipinski definition) is 1. The van der Waals surface area contributed by atoms with E-state index in [1.54, 1.807) is 60.9 Å². The Morgan fingerprint density at radius 1 is 1.00 bits per heavy atom. The average molecular weight is 397 g/mol. The van der Waals surface area contributed by atoms with Gasteiger partial charge in [-0.25, -0.2) is 8.42 Å². The Morgan fingerprint density at radius 3 is 2.36 bits per heavy atom. The average Bonchev–Trinajstić information content (AvgIpc) is 3.21. The Morgan fingerprint density at radius 2 is 1.71 bits per heavy atom. The number of hydrogen-bond acceptors (Lipinski definition) is 4. The molecule has 0 bridgehead atoms. The number of benzene rings is 2. The fourth-order valence-corrected chi connectivity index (χ4v) is 4.25. The van der Waals surface area contributed by atoms with E-state index in [2.05, 4.69) is 5.32 Å². The van der Waals surface area contributed by atoms with E-state index >= 15 is 0 Å². The van der Waals surface area contributed by atoms with Crippen LogP contribution in [0.2, 0.25) is 0 Å². The Balaban J connectivity index is 1.56. The fraction of sp³-hybridized carbons (Fsp3) is 0.227. The number of carbonyl (C=O) groups excluding carboxylic acids is 1. The van der Waals surface area contributed by atoms with Crippen molar-refractivity contribution < 1.29 is 17.6 Å². The van der Waals surface area contributed by atoms with E-state index in [1.807, 2.05) is 19.1 Å². The lowest BCUT2D eigenvalue weighted by molar-refractivity contribution is 0.0938. The van der Waals surface area contributed by atoms with Gasteiger partial charge < -0.3 is 9.73 Å². The quantitative estimate of drug-likeness (QED) is 0.623. The monoisotopic (exact) mass is 397 g/mol. The Labute approximate surface area is 165 Å². The highest BCUT2D eigenvalue weighted by atomic mass is 32.2. The summed E-state index contributed by atoms with van der Waals surface area (Å²) in [5, 5.41) is 2.95. The molecule has 0 saturated heterocycles. The molecule has 28 heavy (non-hydrogen) atoms. The molecule has 1 N–H and O–H groups in total. The third kappa shape index (κ3) is 5.33. The van der Waals surface area contributed by atoms with Gasteiger partial charge in [-0.2, -0.15) is 0 Å². The highest BCUT2D eigenvalue weighted by molar-refractivity contribution is 7.90. The van der Waals surface area contributed by atoms with E-state index in [0.29, 0.717) is 16.0 Å². The van der Waals surface area contributed by atoms with Crippen LogP contribution in [0.3, 0.4) is 0 Å². The number of rotatable bonds is 8. The van der Waals surface area contributed by atoms with Crippen molar-refractivity contribution in [2.75, 3.05) is 0 Å². The van der Waals surface area contributed by atoms with Gasteiger partial charge in [0.05, 0.1) is 16.9 Å². The summed E-state index contributed by atoms with van der Waals surface area (Å²) in [6.07, 6.45) is 3.16. The summed E-state index contributed by atoms with van der Waals surface area (Å²) in [6, 6.07) is 18.8. The summed E-state index contributed by atoms with van der Waals surface area (Å²) in [5.74, 6) is 0.618. The van der Waals surface area contributed by atoms with Crippen molar-refractivity contribution in [3.63, 3.8) is 0 Å². The third-order valence-corrected chi connectivity index (χ3v) is 6.16. The molecular formula is C22H23NO4S. The van der Waals surface area contributed by atoms with Crippen LogP contribution >= 0.6 is 0 Å². The first-order valence-electron chi connectivity index (χ1n) is 9.14. The summed E-state index contributed by atoms with van der Waals surface area (Å²) < 4.78 is 30.2. The van der Waals surface area contributed by atoms with Crippen LogP contribution in [-0.2, 0) is 22.0 Å². The number of furan rings is 1. The molecule has 2 aromatic carbocycles. The molecule has 1 unspecified atom stereocenters. The maximum atomic E-state index is 12.4. The second-order valence-corrected chi connectivity index (χ2v) is 8.75. The lowest BCUT2D eigenvalue weighted by atomic mass is 10.1. The summed E-state index contributed by atoms with van der Waals surface area (Å²) in [6.45, 7) is 1.95. The van der Waals surface area contributed by atoms with Crippen LogP contribution < -0.4 is 5.32 Å². The van der Waals surface area contributed by atoms with Gasteiger partial charge in [0.15, 0.2) is 9.84 Å². The minimum atomic E-state index is -3.40. The van der Waals surface area contributed by atoms with E-state index in [4.69, 9.17) is 4.42 Å². The van der Waals surface area contributed by atoms with E-state index < -0.39 is 9.84 Å². The molecule has 1 heterocycles.